The van der Waals surface area contributed by atoms with Crippen molar-refractivity contribution < 1.29 is 24.2 Å². The van der Waals surface area contributed by atoms with Gasteiger partial charge in [0.05, 0.1) is 0 Å². The van der Waals surface area contributed by atoms with Crippen molar-refractivity contribution in [3.05, 3.63) is 59.7 Å². The van der Waals surface area contributed by atoms with Crippen LogP contribution in [0, 0.1) is 0 Å². The Hall–Kier alpha value is -3.35. The average molecular weight is 481 g/mol. The van der Waals surface area contributed by atoms with E-state index in [1.165, 1.54) is 11.1 Å². The van der Waals surface area contributed by atoms with Crippen LogP contribution in [0.15, 0.2) is 48.5 Å². The maximum atomic E-state index is 12.7. The van der Waals surface area contributed by atoms with Crippen LogP contribution in [0.3, 0.4) is 0 Å². The number of nitrogens with one attached hydrogen (secondary N) is 2. The summed E-state index contributed by atoms with van der Waals surface area (Å²) in [5.41, 5.74) is 4.64. The van der Waals surface area contributed by atoms with Crippen molar-refractivity contribution in [1.82, 2.24) is 10.6 Å². The van der Waals surface area contributed by atoms with Gasteiger partial charge in [-0.25, -0.2) is 4.79 Å². The van der Waals surface area contributed by atoms with Gasteiger partial charge in [-0.3, -0.25) is 9.59 Å². The van der Waals surface area contributed by atoms with Gasteiger partial charge in [-0.1, -0.05) is 75.2 Å². The quantitative estimate of drug-likeness (QED) is 0.364. The predicted octanol–water partition coefficient (Wildman–Crippen LogP) is 5.23. The van der Waals surface area contributed by atoms with Crippen LogP contribution in [-0.2, 0) is 14.3 Å². The van der Waals surface area contributed by atoms with Crippen LogP contribution in [0.2, 0.25) is 0 Å². The Balaban J connectivity index is 1.57. The summed E-state index contributed by atoms with van der Waals surface area (Å²) in [4.78, 5) is 36.1. The van der Waals surface area contributed by atoms with Gasteiger partial charge in [0.1, 0.15) is 6.61 Å². The molecule has 0 radical (unpaired) electrons. The van der Waals surface area contributed by atoms with E-state index in [-0.39, 0.29) is 43.4 Å². The monoisotopic (exact) mass is 480 g/mol. The molecule has 3 N–H and O–H groups in total. The number of ether oxygens (including phenoxy) is 1. The minimum absolute atomic E-state index is 0.00997. The highest BCUT2D eigenvalue weighted by molar-refractivity contribution is 5.79. The van der Waals surface area contributed by atoms with Crippen molar-refractivity contribution in [2.24, 2.45) is 0 Å². The maximum absolute atomic E-state index is 12.7. The van der Waals surface area contributed by atoms with E-state index in [2.05, 4.69) is 41.8 Å². The second-order valence-corrected chi connectivity index (χ2v) is 9.12. The summed E-state index contributed by atoms with van der Waals surface area (Å²) in [5.74, 6) is -1.09. The minimum atomic E-state index is -0.879. The molecule has 1 aliphatic carbocycles. The number of unbranched alkanes of at least 4 members (excludes halogenated alkanes) is 1. The summed E-state index contributed by atoms with van der Waals surface area (Å²) in [7, 11) is 0. The fourth-order valence-electron chi connectivity index (χ4n) is 4.67. The summed E-state index contributed by atoms with van der Waals surface area (Å²) in [6.07, 6.45) is 3.14. The van der Waals surface area contributed by atoms with Gasteiger partial charge in [-0.15, -0.1) is 0 Å². The van der Waals surface area contributed by atoms with E-state index in [0.29, 0.717) is 19.3 Å². The summed E-state index contributed by atoms with van der Waals surface area (Å²) < 4.78 is 5.65. The standard InChI is InChI=1S/C28H36N2O5/c1-3-5-10-20(17-26(31)29-19(4-2)15-16-27(32)33)30-28(34)35-18-25-23-13-8-6-11-21(23)22-12-7-9-14-24(22)25/h6-9,11-14,19-20,25H,3-5,10,15-18H2,1-2H3,(H,29,31)(H,30,34)(H,32,33)/t19?,20-/m1/s1. The molecule has 3 rings (SSSR count). The van der Waals surface area contributed by atoms with Gasteiger partial charge in [-0.05, 0) is 41.5 Å². The van der Waals surface area contributed by atoms with E-state index in [9.17, 15) is 14.4 Å². The molecule has 0 aliphatic heterocycles. The zero-order valence-corrected chi connectivity index (χ0v) is 20.6. The molecule has 7 heteroatoms. The van der Waals surface area contributed by atoms with Crippen LogP contribution in [0.5, 0.6) is 0 Å². The average Bonchev–Trinajstić information content (AvgIpc) is 3.17. The van der Waals surface area contributed by atoms with Crippen LogP contribution >= 0.6 is 0 Å². The lowest BCUT2D eigenvalue weighted by Gasteiger charge is -2.21. The predicted molar refractivity (Wildman–Crippen MR) is 135 cm³/mol. The maximum Gasteiger partial charge on any atom is 0.407 e. The first kappa shape index (κ1) is 26.3. The first-order valence-electron chi connectivity index (χ1n) is 12.6. The van der Waals surface area contributed by atoms with Crippen molar-refractivity contribution >= 4 is 18.0 Å². The molecule has 2 amide bonds. The van der Waals surface area contributed by atoms with Crippen LogP contribution in [0.25, 0.3) is 11.1 Å². The molecule has 7 nitrogen and oxygen atoms in total. The van der Waals surface area contributed by atoms with E-state index >= 15 is 0 Å². The van der Waals surface area contributed by atoms with E-state index in [1.54, 1.807) is 0 Å². The minimum Gasteiger partial charge on any atom is -0.481 e. The number of alkyl carbamates (subject to hydrolysis) is 1. The van der Waals surface area contributed by atoms with Crippen LogP contribution in [-0.4, -0.2) is 41.8 Å². The molecule has 2 aromatic rings. The lowest BCUT2D eigenvalue weighted by Crippen LogP contribution is -2.42. The number of carbonyl (C=O) groups excluding carboxylic acids is 2. The third kappa shape index (κ3) is 7.31. The topological polar surface area (TPSA) is 105 Å². The Morgan fingerprint density at radius 3 is 2.11 bits per heavy atom. The largest absolute Gasteiger partial charge is 0.481 e. The van der Waals surface area contributed by atoms with Crippen LogP contribution < -0.4 is 10.6 Å². The molecule has 0 aromatic heterocycles. The molecular weight excluding hydrogens is 444 g/mol. The molecule has 0 saturated carbocycles. The van der Waals surface area contributed by atoms with Gasteiger partial charge in [0.25, 0.3) is 0 Å². The smallest absolute Gasteiger partial charge is 0.407 e. The molecule has 2 aromatic carbocycles. The second-order valence-electron chi connectivity index (χ2n) is 9.12. The Labute approximate surface area is 207 Å². The Bertz CT molecular complexity index is 976. The summed E-state index contributed by atoms with van der Waals surface area (Å²) in [5, 5.41) is 14.7. The first-order chi connectivity index (χ1) is 16.9. The lowest BCUT2D eigenvalue weighted by atomic mass is 9.98. The molecule has 0 spiro atoms. The summed E-state index contributed by atoms with van der Waals surface area (Å²) in [6.45, 7) is 4.19. The number of hydrogen-bond donors (Lipinski definition) is 3. The zero-order valence-electron chi connectivity index (χ0n) is 20.6. The molecule has 1 aliphatic rings. The van der Waals surface area contributed by atoms with Crippen molar-refractivity contribution in [2.45, 2.75) is 76.8 Å². The van der Waals surface area contributed by atoms with Gasteiger partial charge >= 0.3 is 12.1 Å². The number of fused-ring (bicyclic) bond motifs is 3. The SMILES string of the molecule is CCCC[C@H](CC(=O)NC(CC)CCC(=O)O)NC(=O)OCC1c2ccccc2-c2ccccc21. The number of amides is 2. The van der Waals surface area contributed by atoms with E-state index in [0.717, 1.165) is 24.0 Å². The molecule has 35 heavy (non-hydrogen) atoms. The third-order valence-corrected chi connectivity index (χ3v) is 6.57. The van der Waals surface area contributed by atoms with Gasteiger partial charge < -0.3 is 20.5 Å². The number of rotatable bonds is 13. The Morgan fingerprint density at radius 2 is 1.54 bits per heavy atom. The number of carboxylic acid groups (broad SMARTS) is 1. The second kappa shape index (κ2) is 12.9. The molecular formula is C28H36N2O5. The number of carbonyl (C=O) groups is 3. The molecule has 2 atom stereocenters. The highest BCUT2D eigenvalue weighted by Gasteiger charge is 2.29. The molecule has 0 heterocycles. The van der Waals surface area contributed by atoms with Gasteiger partial charge in [0, 0.05) is 30.8 Å². The van der Waals surface area contributed by atoms with Gasteiger partial charge in [0.15, 0.2) is 0 Å². The van der Waals surface area contributed by atoms with Crippen molar-refractivity contribution in [2.75, 3.05) is 6.61 Å². The normalized spacial score (nSPS) is 13.9. The number of aliphatic carboxylic acids is 1. The Morgan fingerprint density at radius 1 is 0.914 bits per heavy atom. The number of carboxylic acids is 1. The highest BCUT2D eigenvalue weighted by Crippen LogP contribution is 2.44. The number of benzene rings is 2. The van der Waals surface area contributed by atoms with Gasteiger partial charge in [0.2, 0.25) is 5.91 Å². The fourth-order valence-corrected chi connectivity index (χ4v) is 4.67. The highest BCUT2D eigenvalue weighted by atomic mass is 16.5. The lowest BCUT2D eigenvalue weighted by molar-refractivity contribution is -0.137. The molecule has 0 saturated heterocycles. The summed E-state index contributed by atoms with van der Waals surface area (Å²) in [6, 6.07) is 15.8. The molecule has 0 fully saturated rings. The molecule has 1 unspecified atom stereocenters. The molecule has 0 bridgehead atoms. The van der Waals surface area contributed by atoms with Gasteiger partial charge in [-0.2, -0.15) is 0 Å². The Kier molecular flexibility index (Phi) is 9.70. The number of hydrogen-bond acceptors (Lipinski definition) is 4. The van der Waals surface area contributed by atoms with E-state index in [1.807, 2.05) is 31.2 Å². The van der Waals surface area contributed by atoms with E-state index < -0.39 is 12.1 Å². The first-order valence-corrected chi connectivity index (χ1v) is 12.6. The van der Waals surface area contributed by atoms with Crippen LogP contribution in [0.4, 0.5) is 4.79 Å². The third-order valence-electron chi connectivity index (χ3n) is 6.57. The van der Waals surface area contributed by atoms with Crippen molar-refractivity contribution in [1.29, 1.82) is 0 Å². The molecule has 188 valence electrons. The fraction of sp³-hybridized carbons (Fsp3) is 0.464. The van der Waals surface area contributed by atoms with Crippen LogP contribution in [0.1, 0.15) is 75.8 Å². The van der Waals surface area contributed by atoms with Crippen molar-refractivity contribution in [3.8, 4) is 11.1 Å². The van der Waals surface area contributed by atoms with E-state index in [4.69, 9.17) is 9.84 Å². The zero-order chi connectivity index (χ0) is 25.2. The van der Waals surface area contributed by atoms with Crippen molar-refractivity contribution in [3.63, 3.8) is 0 Å². The summed E-state index contributed by atoms with van der Waals surface area (Å²) >= 11 is 0.